The predicted molar refractivity (Wildman–Crippen MR) is 82.2 cm³/mol. The Morgan fingerprint density at radius 3 is 2.45 bits per heavy atom. The van der Waals surface area contributed by atoms with Crippen molar-refractivity contribution in [2.75, 3.05) is 6.54 Å². The number of nitrogens with zero attached hydrogens (tertiary/aromatic N) is 1. The fraction of sp³-hybridized carbons (Fsp3) is 0.250. The highest BCUT2D eigenvalue weighted by atomic mass is 35.5. The van der Waals surface area contributed by atoms with Gasteiger partial charge in [0.1, 0.15) is 0 Å². The number of nitrogens with one attached hydrogen (secondary N) is 1. The third-order valence-corrected chi connectivity index (χ3v) is 6.18. The van der Waals surface area contributed by atoms with Gasteiger partial charge in [0.25, 0.3) is 10.0 Å². The third kappa shape index (κ3) is 3.93. The third-order valence-electron chi connectivity index (χ3n) is 2.59. The van der Waals surface area contributed by atoms with E-state index in [1.807, 2.05) is 12.1 Å². The average Bonchev–Trinajstić information content (AvgIpc) is 2.72. The first-order valence-electron chi connectivity index (χ1n) is 5.75. The molecule has 1 N–H and O–H groups in total. The number of halogens is 2. The number of aryl methyl sites for hydroxylation is 1. The molecule has 8 heteroatoms. The number of hydrogen-bond donors (Lipinski definition) is 1. The van der Waals surface area contributed by atoms with E-state index in [2.05, 4.69) is 9.71 Å². The molecule has 1 heterocycles. The van der Waals surface area contributed by atoms with Crippen LogP contribution in [0.1, 0.15) is 11.3 Å². The van der Waals surface area contributed by atoms with Crippen molar-refractivity contribution in [2.45, 2.75) is 17.6 Å². The van der Waals surface area contributed by atoms with Crippen LogP contribution in [0, 0.1) is 6.92 Å². The van der Waals surface area contributed by atoms with Crippen LogP contribution in [0.3, 0.4) is 0 Å². The lowest BCUT2D eigenvalue weighted by molar-refractivity contribution is 0.583. The molecule has 2 aromatic rings. The van der Waals surface area contributed by atoms with Crippen LogP contribution in [0.2, 0.25) is 9.49 Å². The van der Waals surface area contributed by atoms with E-state index < -0.39 is 10.0 Å². The zero-order chi connectivity index (χ0) is 14.8. The van der Waals surface area contributed by atoms with Crippen molar-refractivity contribution in [3.63, 3.8) is 0 Å². The van der Waals surface area contributed by atoms with E-state index in [4.69, 9.17) is 23.2 Å². The van der Waals surface area contributed by atoms with Gasteiger partial charge in [-0.1, -0.05) is 46.7 Å². The van der Waals surface area contributed by atoms with Gasteiger partial charge in [-0.3, -0.25) is 0 Å². The van der Waals surface area contributed by atoms with E-state index in [0.29, 0.717) is 23.7 Å². The van der Waals surface area contributed by atoms with Gasteiger partial charge in [0.15, 0.2) is 8.68 Å². The lowest BCUT2D eigenvalue weighted by atomic mass is 10.2. The highest BCUT2D eigenvalue weighted by Crippen LogP contribution is 2.26. The fourth-order valence-corrected chi connectivity index (χ4v) is 4.59. The Hall–Kier alpha value is -0.660. The van der Waals surface area contributed by atoms with E-state index in [-0.39, 0.29) is 8.68 Å². The quantitative estimate of drug-likeness (QED) is 0.899. The van der Waals surface area contributed by atoms with Crippen molar-refractivity contribution < 1.29 is 8.42 Å². The molecular weight excluding hydrogens is 339 g/mol. The molecule has 108 valence electrons. The maximum absolute atomic E-state index is 12.1. The van der Waals surface area contributed by atoms with Gasteiger partial charge in [0.05, 0.1) is 5.69 Å². The summed E-state index contributed by atoms with van der Waals surface area (Å²) in [5.41, 5.74) is 1.43. The molecule has 1 aromatic carbocycles. The highest BCUT2D eigenvalue weighted by molar-refractivity contribution is 7.91. The van der Waals surface area contributed by atoms with Gasteiger partial charge in [-0.15, -0.1) is 0 Å². The van der Waals surface area contributed by atoms with Gasteiger partial charge >= 0.3 is 0 Å². The molecule has 0 atom stereocenters. The molecule has 0 radical (unpaired) electrons. The second-order valence-corrected chi connectivity index (χ2v) is 8.09. The van der Waals surface area contributed by atoms with Crippen molar-refractivity contribution in [2.24, 2.45) is 0 Å². The molecule has 0 saturated carbocycles. The smallest absolute Gasteiger partial charge is 0.229 e. The molecule has 0 saturated heterocycles. The predicted octanol–water partition coefficient (Wildman–Crippen LogP) is 3.28. The zero-order valence-corrected chi connectivity index (χ0v) is 13.7. The van der Waals surface area contributed by atoms with E-state index in [1.54, 1.807) is 19.1 Å². The summed E-state index contributed by atoms with van der Waals surface area (Å²) >= 11 is 12.5. The Morgan fingerprint density at radius 1 is 1.25 bits per heavy atom. The van der Waals surface area contributed by atoms with E-state index >= 15 is 0 Å². The van der Waals surface area contributed by atoms with E-state index in [9.17, 15) is 8.42 Å². The molecule has 4 nitrogen and oxygen atoms in total. The van der Waals surface area contributed by atoms with Gasteiger partial charge in [0, 0.05) is 11.6 Å². The topological polar surface area (TPSA) is 59.1 Å². The van der Waals surface area contributed by atoms with Gasteiger partial charge in [0.2, 0.25) is 0 Å². The van der Waals surface area contributed by atoms with Crippen LogP contribution in [-0.4, -0.2) is 19.9 Å². The standard InChI is InChI=1S/C12H12Cl2N2O2S2/c1-8-11(19-12(14)16-8)20(17,18)15-7-6-9-2-4-10(13)5-3-9/h2-5,15H,6-7H2,1H3. The van der Waals surface area contributed by atoms with E-state index in [0.717, 1.165) is 16.9 Å². The zero-order valence-electron chi connectivity index (χ0n) is 10.6. The Morgan fingerprint density at radius 2 is 1.90 bits per heavy atom. The van der Waals surface area contributed by atoms with Crippen LogP contribution < -0.4 is 4.72 Å². The summed E-state index contributed by atoms with van der Waals surface area (Å²) in [4.78, 5) is 3.90. The maximum Gasteiger partial charge on any atom is 0.251 e. The minimum atomic E-state index is -3.55. The molecule has 0 aliphatic rings. The molecule has 0 spiro atoms. The Labute approximate surface area is 131 Å². The van der Waals surface area contributed by atoms with Gasteiger partial charge < -0.3 is 0 Å². The molecule has 2 rings (SSSR count). The molecule has 0 unspecified atom stereocenters. The Balaban J connectivity index is 1.99. The average molecular weight is 351 g/mol. The molecule has 0 aliphatic carbocycles. The fourth-order valence-electron chi connectivity index (χ4n) is 1.65. The molecule has 0 bridgehead atoms. The van der Waals surface area contributed by atoms with Gasteiger partial charge in [-0.05, 0) is 31.0 Å². The largest absolute Gasteiger partial charge is 0.251 e. The first-order chi connectivity index (χ1) is 9.38. The summed E-state index contributed by atoms with van der Waals surface area (Å²) in [5, 5.41) is 0.657. The normalized spacial score (nSPS) is 11.8. The number of sulfonamides is 1. The first kappa shape index (κ1) is 15.7. The monoisotopic (exact) mass is 350 g/mol. The van der Waals surface area contributed by atoms with Crippen LogP contribution in [0.15, 0.2) is 28.5 Å². The number of thiazole rings is 1. The lowest BCUT2D eigenvalue weighted by Crippen LogP contribution is -2.25. The summed E-state index contributed by atoms with van der Waals surface area (Å²) in [6.07, 6.45) is 0.585. The minimum Gasteiger partial charge on any atom is -0.229 e. The van der Waals surface area contributed by atoms with Crippen LogP contribution in [-0.2, 0) is 16.4 Å². The molecule has 0 amide bonds. The molecule has 20 heavy (non-hydrogen) atoms. The SMILES string of the molecule is Cc1nc(Cl)sc1S(=O)(=O)NCCc1ccc(Cl)cc1. The number of aromatic nitrogens is 1. The highest BCUT2D eigenvalue weighted by Gasteiger charge is 2.20. The summed E-state index contributed by atoms with van der Waals surface area (Å²) in [7, 11) is -3.55. The molecule has 0 aliphatic heterocycles. The Kier molecular flexibility index (Phi) is 5.04. The van der Waals surface area contributed by atoms with Crippen LogP contribution in [0.25, 0.3) is 0 Å². The van der Waals surface area contributed by atoms with Crippen molar-refractivity contribution in [1.82, 2.24) is 9.71 Å². The van der Waals surface area contributed by atoms with Crippen molar-refractivity contribution in [1.29, 1.82) is 0 Å². The van der Waals surface area contributed by atoms with Crippen molar-refractivity contribution >= 4 is 44.6 Å². The van der Waals surface area contributed by atoms with E-state index in [1.165, 1.54) is 0 Å². The second-order valence-electron chi connectivity index (χ2n) is 4.11. The number of benzene rings is 1. The summed E-state index contributed by atoms with van der Waals surface area (Å²) in [5.74, 6) is 0. The maximum atomic E-state index is 12.1. The van der Waals surface area contributed by atoms with Gasteiger partial charge in [-0.2, -0.15) is 0 Å². The Bertz CT molecular complexity index is 697. The number of hydrogen-bond acceptors (Lipinski definition) is 4. The lowest BCUT2D eigenvalue weighted by Gasteiger charge is -2.05. The van der Waals surface area contributed by atoms with Crippen LogP contribution in [0.4, 0.5) is 0 Å². The molecule has 1 aromatic heterocycles. The summed E-state index contributed by atoms with van der Waals surface area (Å²) in [6.45, 7) is 1.93. The van der Waals surface area contributed by atoms with Crippen molar-refractivity contribution in [3.8, 4) is 0 Å². The van der Waals surface area contributed by atoms with Crippen LogP contribution in [0.5, 0.6) is 0 Å². The summed E-state index contributed by atoms with van der Waals surface area (Å²) in [6, 6.07) is 7.29. The first-order valence-corrected chi connectivity index (χ1v) is 8.81. The second kappa shape index (κ2) is 6.41. The number of rotatable bonds is 5. The van der Waals surface area contributed by atoms with Crippen molar-refractivity contribution in [3.05, 3.63) is 45.0 Å². The summed E-state index contributed by atoms with van der Waals surface area (Å²) < 4.78 is 27.1. The molecule has 0 fully saturated rings. The van der Waals surface area contributed by atoms with Crippen LogP contribution >= 0.6 is 34.5 Å². The van der Waals surface area contributed by atoms with Gasteiger partial charge in [-0.25, -0.2) is 18.1 Å². The minimum absolute atomic E-state index is 0.165. The molecular formula is C12H12Cl2N2O2S2.